The number of nitrogens with two attached hydrogens (primary N) is 1. The zero-order chi connectivity index (χ0) is 15.2. The van der Waals surface area contributed by atoms with E-state index in [9.17, 15) is 0 Å². The van der Waals surface area contributed by atoms with Crippen LogP contribution in [-0.2, 0) is 13.0 Å². The summed E-state index contributed by atoms with van der Waals surface area (Å²) < 4.78 is 0. The van der Waals surface area contributed by atoms with Crippen molar-refractivity contribution < 1.29 is 0 Å². The first-order chi connectivity index (χ1) is 10.1. The number of nitrogens with zero attached hydrogens (tertiary/aromatic N) is 2. The first kappa shape index (κ1) is 15.7. The van der Waals surface area contributed by atoms with E-state index in [1.165, 1.54) is 16.7 Å². The van der Waals surface area contributed by atoms with Gasteiger partial charge in [0.15, 0.2) is 0 Å². The van der Waals surface area contributed by atoms with Crippen LogP contribution in [0.1, 0.15) is 36.6 Å². The van der Waals surface area contributed by atoms with Crippen molar-refractivity contribution in [2.45, 2.75) is 38.9 Å². The molecule has 1 aromatic carbocycles. The van der Waals surface area contributed by atoms with Crippen molar-refractivity contribution in [1.29, 1.82) is 0 Å². The van der Waals surface area contributed by atoms with Crippen LogP contribution in [0.15, 0.2) is 48.8 Å². The van der Waals surface area contributed by atoms with Crippen LogP contribution in [0.2, 0.25) is 0 Å². The van der Waals surface area contributed by atoms with Gasteiger partial charge in [-0.25, -0.2) is 0 Å². The molecule has 112 valence electrons. The van der Waals surface area contributed by atoms with Crippen molar-refractivity contribution in [3.63, 3.8) is 0 Å². The van der Waals surface area contributed by atoms with E-state index in [0.717, 1.165) is 13.0 Å². The fourth-order valence-corrected chi connectivity index (χ4v) is 2.45. The van der Waals surface area contributed by atoms with Gasteiger partial charge in [-0.1, -0.05) is 37.3 Å². The highest BCUT2D eigenvalue weighted by Crippen LogP contribution is 2.19. The third-order valence-corrected chi connectivity index (χ3v) is 4.14. The van der Waals surface area contributed by atoms with E-state index in [1.807, 2.05) is 12.3 Å². The molecule has 0 radical (unpaired) electrons. The lowest BCUT2D eigenvalue weighted by atomic mass is 9.98. The molecule has 0 aliphatic heterocycles. The molecule has 3 nitrogen and oxygen atoms in total. The van der Waals surface area contributed by atoms with Crippen LogP contribution in [-0.4, -0.2) is 23.0 Å². The van der Waals surface area contributed by atoms with Gasteiger partial charge in [-0.15, -0.1) is 0 Å². The van der Waals surface area contributed by atoms with Crippen LogP contribution in [0.4, 0.5) is 0 Å². The number of rotatable bonds is 6. The summed E-state index contributed by atoms with van der Waals surface area (Å²) in [4.78, 5) is 6.43. The molecule has 0 saturated carbocycles. The summed E-state index contributed by atoms with van der Waals surface area (Å²) >= 11 is 0. The molecule has 21 heavy (non-hydrogen) atoms. The predicted molar refractivity (Wildman–Crippen MR) is 87.9 cm³/mol. The van der Waals surface area contributed by atoms with Gasteiger partial charge in [-0.3, -0.25) is 9.88 Å². The van der Waals surface area contributed by atoms with Gasteiger partial charge in [-0.2, -0.15) is 0 Å². The fourth-order valence-electron chi connectivity index (χ4n) is 2.45. The van der Waals surface area contributed by atoms with Gasteiger partial charge in [0.2, 0.25) is 0 Å². The Morgan fingerprint density at radius 1 is 1.14 bits per heavy atom. The first-order valence-electron chi connectivity index (χ1n) is 7.55. The Balaban J connectivity index is 2.01. The second-order valence-electron chi connectivity index (χ2n) is 5.64. The Morgan fingerprint density at radius 3 is 2.43 bits per heavy atom. The number of likely N-dealkylation sites (N-methyl/N-ethyl adjacent to an activating group) is 1. The quantitative estimate of drug-likeness (QED) is 0.885. The minimum atomic E-state index is 0.0116. The number of aryl methyl sites for hydroxylation is 1. The van der Waals surface area contributed by atoms with E-state index in [-0.39, 0.29) is 12.1 Å². The smallest absolute Gasteiger partial charge is 0.0450 e. The summed E-state index contributed by atoms with van der Waals surface area (Å²) in [6, 6.07) is 13.0. The normalized spacial score (nSPS) is 14.1. The fraction of sp³-hybridized carbons (Fsp3) is 0.389. The Hall–Kier alpha value is -1.71. The molecule has 0 spiro atoms. The molecule has 2 rings (SSSR count). The average molecular weight is 283 g/mol. The molecular formula is C18H25N3. The molecule has 2 aromatic rings. The molecule has 2 N–H and O–H groups in total. The summed E-state index contributed by atoms with van der Waals surface area (Å²) in [5, 5.41) is 0. The minimum absolute atomic E-state index is 0.0116. The predicted octanol–water partition coefficient (Wildman–Crippen LogP) is 3.16. The van der Waals surface area contributed by atoms with E-state index in [0.29, 0.717) is 0 Å². The lowest BCUT2D eigenvalue weighted by molar-refractivity contribution is 0.219. The molecule has 0 aliphatic rings. The Labute approximate surface area is 127 Å². The molecule has 2 atom stereocenters. The standard InChI is InChI=1S/C18H25N3/c1-4-15-7-9-17(10-8-15)18(19)14(2)21(3)13-16-6-5-11-20-12-16/h5-12,14,18H,4,13,19H2,1-3H3. The molecule has 0 aliphatic carbocycles. The van der Waals surface area contributed by atoms with Crippen molar-refractivity contribution in [2.75, 3.05) is 7.05 Å². The number of aromatic nitrogens is 1. The van der Waals surface area contributed by atoms with Crippen molar-refractivity contribution in [3.05, 3.63) is 65.5 Å². The highest BCUT2D eigenvalue weighted by molar-refractivity contribution is 5.25. The van der Waals surface area contributed by atoms with E-state index in [1.54, 1.807) is 6.20 Å². The van der Waals surface area contributed by atoms with Gasteiger partial charge < -0.3 is 5.73 Å². The SMILES string of the molecule is CCc1ccc(C(N)C(C)N(C)Cc2cccnc2)cc1. The van der Waals surface area contributed by atoms with Crippen LogP contribution < -0.4 is 5.73 Å². The molecule has 0 amide bonds. The van der Waals surface area contributed by atoms with E-state index < -0.39 is 0 Å². The average Bonchev–Trinajstić information content (AvgIpc) is 2.54. The zero-order valence-electron chi connectivity index (χ0n) is 13.2. The number of benzene rings is 1. The Bertz CT molecular complexity index is 536. The van der Waals surface area contributed by atoms with Crippen LogP contribution >= 0.6 is 0 Å². The van der Waals surface area contributed by atoms with Crippen molar-refractivity contribution >= 4 is 0 Å². The Kier molecular flexibility index (Phi) is 5.48. The molecule has 3 heteroatoms. The lowest BCUT2D eigenvalue weighted by Crippen LogP contribution is -2.37. The van der Waals surface area contributed by atoms with Gasteiger partial charge in [-0.05, 0) is 43.1 Å². The topological polar surface area (TPSA) is 42.1 Å². The largest absolute Gasteiger partial charge is 0.323 e. The zero-order valence-corrected chi connectivity index (χ0v) is 13.2. The maximum atomic E-state index is 6.43. The number of pyridine rings is 1. The van der Waals surface area contributed by atoms with Gasteiger partial charge in [0.05, 0.1) is 0 Å². The van der Waals surface area contributed by atoms with Crippen molar-refractivity contribution in [3.8, 4) is 0 Å². The monoisotopic (exact) mass is 283 g/mol. The lowest BCUT2D eigenvalue weighted by Gasteiger charge is -2.30. The van der Waals surface area contributed by atoms with Gasteiger partial charge >= 0.3 is 0 Å². The van der Waals surface area contributed by atoms with Crippen molar-refractivity contribution in [1.82, 2.24) is 9.88 Å². The summed E-state index contributed by atoms with van der Waals surface area (Å²) in [7, 11) is 2.11. The third-order valence-electron chi connectivity index (χ3n) is 4.14. The molecule has 0 fully saturated rings. The van der Waals surface area contributed by atoms with Crippen molar-refractivity contribution in [2.24, 2.45) is 5.73 Å². The van der Waals surface area contributed by atoms with Crippen LogP contribution in [0.3, 0.4) is 0 Å². The number of hydrogen-bond donors (Lipinski definition) is 1. The minimum Gasteiger partial charge on any atom is -0.323 e. The summed E-state index contributed by atoms with van der Waals surface area (Å²) in [5.74, 6) is 0. The van der Waals surface area contributed by atoms with E-state index >= 15 is 0 Å². The molecule has 0 saturated heterocycles. The van der Waals surface area contributed by atoms with E-state index in [2.05, 4.69) is 61.1 Å². The third kappa shape index (κ3) is 4.13. The Morgan fingerprint density at radius 2 is 1.86 bits per heavy atom. The highest BCUT2D eigenvalue weighted by Gasteiger charge is 2.19. The number of hydrogen-bond acceptors (Lipinski definition) is 3. The molecular weight excluding hydrogens is 258 g/mol. The molecule has 2 unspecified atom stereocenters. The van der Waals surface area contributed by atoms with E-state index in [4.69, 9.17) is 5.73 Å². The van der Waals surface area contributed by atoms with Crippen LogP contribution in [0.25, 0.3) is 0 Å². The molecule has 1 aromatic heterocycles. The second-order valence-corrected chi connectivity index (χ2v) is 5.64. The highest BCUT2D eigenvalue weighted by atomic mass is 15.1. The first-order valence-corrected chi connectivity index (χ1v) is 7.55. The van der Waals surface area contributed by atoms with Crippen LogP contribution in [0.5, 0.6) is 0 Å². The van der Waals surface area contributed by atoms with Gasteiger partial charge in [0, 0.05) is 31.0 Å². The van der Waals surface area contributed by atoms with Gasteiger partial charge in [0.25, 0.3) is 0 Å². The maximum Gasteiger partial charge on any atom is 0.0450 e. The molecule has 0 bridgehead atoms. The summed E-state index contributed by atoms with van der Waals surface area (Å²) in [6.07, 6.45) is 4.77. The van der Waals surface area contributed by atoms with Gasteiger partial charge in [0.1, 0.15) is 0 Å². The molecule has 1 heterocycles. The second kappa shape index (κ2) is 7.34. The summed E-state index contributed by atoms with van der Waals surface area (Å²) in [6.45, 7) is 5.20. The van der Waals surface area contributed by atoms with Crippen LogP contribution in [0, 0.1) is 0 Å². The maximum absolute atomic E-state index is 6.43. The summed E-state index contributed by atoms with van der Waals surface area (Å²) in [5.41, 5.74) is 10.2.